The van der Waals surface area contributed by atoms with Crippen LogP contribution >= 0.6 is 11.3 Å². The second-order valence-electron chi connectivity index (χ2n) is 8.15. The molecule has 1 saturated heterocycles. The van der Waals surface area contributed by atoms with Crippen LogP contribution in [0.5, 0.6) is 5.75 Å². The molecule has 1 unspecified atom stereocenters. The number of nitrogens with zero attached hydrogens (tertiary/aromatic N) is 3. The minimum absolute atomic E-state index is 0.00184. The summed E-state index contributed by atoms with van der Waals surface area (Å²) in [5.74, 6) is -1.58. The standard InChI is InChI=1S/C23H22F3N5O4S/c1-12-6-27-21(36-12)15-3-14(4-18(5-15)35-10-17-9-34-11-19(32)31-17)20(33)30-13(2)16-7-28-22(29-8-16)23(24,25)26/h3-8,13,17H,9-11H2,1-2H3,(H,30,33)(H,31,32)/t13?,17-/m1/s1. The number of thiazole rings is 1. The maximum atomic E-state index is 13.1. The van der Waals surface area contributed by atoms with Gasteiger partial charge in [-0.15, -0.1) is 11.3 Å². The monoisotopic (exact) mass is 521 g/mol. The van der Waals surface area contributed by atoms with Crippen molar-refractivity contribution in [3.63, 3.8) is 0 Å². The Morgan fingerprint density at radius 2 is 2.00 bits per heavy atom. The normalized spacial score (nSPS) is 16.8. The van der Waals surface area contributed by atoms with E-state index in [9.17, 15) is 22.8 Å². The van der Waals surface area contributed by atoms with E-state index in [-0.39, 0.29) is 30.7 Å². The number of morpholine rings is 1. The molecule has 1 aromatic carbocycles. The van der Waals surface area contributed by atoms with E-state index in [1.807, 2.05) is 6.92 Å². The third-order valence-electron chi connectivity index (χ3n) is 5.18. The molecular weight excluding hydrogens is 499 g/mol. The summed E-state index contributed by atoms with van der Waals surface area (Å²) in [6.45, 7) is 3.96. The Bertz CT molecular complexity index is 1250. The van der Waals surface area contributed by atoms with Gasteiger partial charge in [-0.1, -0.05) is 0 Å². The van der Waals surface area contributed by atoms with Gasteiger partial charge in [0.05, 0.1) is 18.7 Å². The fourth-order valence-corrected chi connectivity index (χ4v) is 4.14. The molecule has 3 aromatic rings. The highest BCUT2D eigenvalue weighted by Gasteiger charge is 2.34. The molecule has 9 nitrogen and oxygen atoms in total. The molecule has 0 bridgehead atoms. The second kappa shape index (κ2) is 10.6. The van der Waals surface area contributed by atoms with Gasteiger partial charge in [0.25, 0.3) is 5.91 Å². The van der Waals surface area contributed by atoms with E-state index in [2.05, 4.69) is 25.6 Å². The summed E-state index contributed by atoms with van der Waals surface area (Å²) in [7, 11) is 0. The van der Waals surface area contributed by atoms with Crippen molar-refractivity contribution in [2.24, 2.45) is 0 Å². The minimum Gasteiger partial charge on any atom is -0.491 e. The Morgan fingerprint density at radius 3 is 2.64 bits per heavy atom. The number of carbonyl (C=O) groups is 2. The molecule has 2 N–H and O–H groups in total. The third-order valence-corrected chi connectivity index (χ3v) is 6.14. The van der Waals surface area contributed by atoms with Crippen LogP contribution in [-0.4, -0.2) is 52.6 Å². The quantitative estimate of drug-likeness (QED) is 0.490. The van der Waals surface area contributed by atoms with Crippen LogP contribution in [0.25, 0.3) is 10.6 Å². The van der Waals surface area contributed by atoms with Crippen LogP contribution in [0.4, 0.5) is 13.2 Å². The van der Waals surface area contributed by atoms with Crippen LogP contribution in [0, 0.1) is 6.92 Å². The fourth-order valence-electron chi connectivity index (χ4n) is 3.39. The van der Waals surface area contributed by atoms with Crippen molar-refractivity contribution >= 4 is 23.2 Å². The van der Waals surface area contributed by atoms with E-state index in [1.54, 1.807) is 31.3 Å². The van der Waals surface area contributed by atoms with Crippen LogP contribution in [0.15, 0.2) is 36.8 Å². The van der Waals surface area contributed by atoms with Gasteiger partial charge in [0.15, 0.2) is 0 Å². The molecule has 4 rings (SSSR count). The first kappa shape index (κ1) is 25.5. The van der Waals surface area contributed by atoms with Crippen molar-refractivity contribution in [2.45, 2.75) is 32.1 Å². The number of benzene rings is 1. The molecule has 0 aliphatic carbocycles. The zero-order valence-electron chi connectivity index (χ0n) is 19.3. The van der Waals surface area contributed by atoms with E-state index < -0.39 is 23.9 Å². The van der Waals surface area contributed by atoms with E-state index in [4.69, 9.17) is 9.47 Å². The van der Waals surface area contributed by atoms with Gasteiger partial charge in [-0.3, -0.25) is 9.59 Å². The Kier molecular flexibility index (Phi) is 7.50. The predicted molar refractivity (Wildman–Crippen MR) is 123 cm³/mol. The molecule has 2 aromatic heterocycles. The Morgan fingerprint density at radius 1 is 1.25 bits per heavy atom. The van der Waals surface area contributed by atoms with Gasteiger partial charge >= 0.3 is 6.18 Å². The molecule has 0 radical (unpaired) electrons. The van der Waals surface area contributed by atoms with Crippen molar-refractivity contribution in [1.29, 1.82) is 0 Å². The number of aromatic nitrogens is 3. The first-order chi connectivity index (χ1) is 17.1. The summed E-state index contributed by atoms with van der Waals surface area (Å²) in [6, 6.07) is 3.94. The van der Waals surface area contributed by atoms with Crippen molar-refractivity contribution in [3.8, 4) is 16.3 Å². The van der Waals surface area contributed by atoms with Gasteiger partial charge in [0, 0.05) is 40.2 Å². The molecule has 0 spiro atoms. The lowest BCUT2D eigenvalue weighted by Crippen LogP contribution is -2.48. The summed E-state index contributed by atoms with van der Waals surface area (Å²) >= 11 is 1.45. The number of nitrogens with one attached hydrogen (secondary N) is 2. The Labute approximate surface area is 208 Å². The molecule has 13 heteroatoms. The first-order valence-corrected chi connectivity index (χ1v) is 11.7. The first-order valence-electron chi connectivity index (χ1n) is 10.9. The van der Waals surface area contributed by atoms with Crippen molar-refractivity contribution in [3.05, 3.63) is 58.6 Å². The fraction of sp³-hybridized carbons (Fsp3) is 0.348. The molecule has 2 atom stereocenters. The van der Waals surface area contributed by atoms with Crippen molar-refractivity contribution in [1.82, 2.24) is 25.6 Å². The topological polar surface area (TPSA) is 115 Å². The Balaban J connectivity index is 1.53. The highest BCUT2D eigenvalue weighted by Crippen LogP contribution is 2.30. The van der Waals surface area contributed by atoms with Gasteiger partial charge in [-0.25, -0.2) is 15.0 Å². The van der Waals surface area contributed by atoms with Crippen LogP contribution < -0.4 is 15.4 Å². The zero-order chi connectivity index (χ0) is 25.9. The number of rotatable bonds is 7. The lowest BCUT2D eigenvalue weighted by molar-refractivity contribution is -0.145. The summed E-state index contributed by atoms with van der Waals surface area (Å²) in [4.78, 5) is 36.6. The molecule has 190 valence electrons. The predicted octanol–water partition coefficient (Wildman–Crippen LogP) is 3.31. The van der Waals surface area contributed by atoms with Gasteiger partial charge in [-0.05, 0) is 32.0 Å². The summed E-state index contributed by atoms with van der Waals surface area (Å²) in [5.41, 5.74) is 1.23. The number of hydrogen-bond acceptors (Lipinski definition) is 8. The summed E-state index contributed by atoms with van der Waals surface area (Å²) < 4.78 is 49.3. The van der Waals surface area contributed by atoms with Crippen LogP contribution in [0.3, 0.4) is 0 Å². The number of halogens is 3. The second-order valence-corrected chi connectivity index (χ2v) is 9.38. The molecule has 36 heavy (non-hydrogen) atoms. The average molecular weight is 522 g/mol. The minimum atomic E-state index is -4.65. The smallest absolute Gasteiger partial charge is 0.451 e. The molecule has 3 heterocycles. The largest absolute Gasteiger partial charge is 0.491 e. The number of hydrogen-bond donors (Lipinski definition) is 2. The zero-order valence-corrected chi connectivity index (χ0v) is 20.1. The number of carbonyl (C=O) groups excluding carboxylic acids is 2. The van der Waals surface area contributed by atoms with Gasteiger partial charge in [-0.2, -0.15) is 13.2 Å². The van der Waals surface area contributed by atoms with E-state index >= 15 is 0 Å². The molecule has 0 saturated carbocycles. The van der Waals surface area contributed by atoms with Crippen molar-refractivity contribution < 1.29 is 32.2 Å². The van der Waals surface area contributed by atoms with Crippen LogP contribution in [0.2, 0.25) is 0 Å². The SMILES string of the molecule is Cc1cnc(-c2cc(OC[C@H]3COCC(=O)N3)cc(C(=O)NC(C)c3cnc(C(F)(F)F)nc3)c2)s1. The molecular formula is C23H22F3N5O4S. The number of amides is 2. The highest BCUT2D eigenvalue weighted by molar-refractivity contribution is 7.14. The van der Waals surface area contributed by atoms with Crippen LogP contribution in [0.1, 0.15) is 39.6 Å². The van der Waals surface area contributed by atoms with Gasteiger partial charge < -0.3 is 20.1 Å². The molecule has 1 fully saturated rings. The average Bonchev–Trinajstić information content (AvgIpc) is 3.28. The number of alkyl halides is 3. The lowest BCUT2D eigenvalue weighted by atomic mass is 10.1. The highest BCUT2D eigenvalue weighted by atomic mass is 32.1. The van der Waals surface area contributed by atoms with Crippen LogP contribution in [-0.2, 0) is 15.7 Å². The maximum Gasteiger partial charge on any atom is 0.451 e. The molecule has 2 amide bonds. The molecule has 1 aliphatic rings. The summed E-state index contributed by atoms with van der Waals surface area (Å²) in [5, 5.41) is 6.20. The van der Waals surface area contributed by atoms with Gasteiger partial charge in [0.2, 0.25) is 11.7 Å². The van der Waals surface area contributed by atoms with E-state index in [0.29, 0.717) is 28.5 Å². The van der Waals surface area contributed by atoms with Gasteiger partial charge in [0.1, 0.15) is 24.0 Å². The Hall–Kier alpha value is -3.58. The van der Waals surface area contributed by atoms with E-state index in [1.165, 1.54) is 11.3 Å². The molecule has 1 aliphatic heterocycles. The number of ether oxygens (including phenoxy) is 2. The van der Waals surface area contributed by atoms with E-state index in [0.717, 1.165) is 17.3 Å². The summed E-state index contributed by atoms with van der Waals surface area (Å²) in [6.07, 6.45) is -0.868. The lowest BCUT2D eigenvalue weighted by Gasteiger charge is -2.23. The third kappa shape index (κ3) is 6.34. The number of aryl methyl sites for hydroxylation is 1. The van der Waals surface area contributed by atoms with Crippen molar-refractivity contribution in [2.75, 3.05) is 19.8 Å². The maximum absolute atomic E-state index is 13.1.